The van der Waals surface area contributed by atoms with Crippen LogP contribution in [0.5, 0.6) is 5.75 Å². The van der Waals surface area contributed by atoms with Crippen LogP contribution in [-0.2, 0) is 17.8 Å². The molecule has 192 valence electrons. The molecule has 2 aromatic heterocycles. The minimum Gasteiger partial charge on any atom is -0.497 e. The van der Waals surface area contributed by atoms with Gasteiger partial charge in [-0.2, -0.15) is 4.37 Å². The Morgan fingerprint density at radius 3 is 2.51 bits per heavy atom. The van der Waals surface area contributed by atoms with Crippen LogP contribution in [0.25, 0.3) is 0 Å². The number of aromatic nitrogens is 2. The predicted molar refractivity (Wildman–Crippen MR) is 145 cm³/mol. The summed E-state index contributed by atoms with van der Waals surface area (Å²) in [6.45, 7) is 4.15. The van der Waals surface area contributed by atoms with Gasteiger partial charge in [0.05, 0.1) is 19.9 Å². The highest BCUT2D eigenvalue weighted by Gasteiger charge is 2.23. The first-order chi connectivity index (χ1) is 18.2. The van der Waals surface area contributed by atoms with Crippen LogP contribution in [0.3, 0.4) is 0 Å². The van der Waals surface area contributed by atoms with Crippen molar-refractivity contribution in [2.45, 2.75) is 19.4 Å². The van der Waals surface area contributed by atoms with Gasteiger partial charge < -0.3 is 23.9 Å². The fourth-order valence-electron chi connectivity index (χ4n) is 4.45. The van der Waals surface area contributed by atoms with Crippen LogP contribution in [0.1, 0.15) is 23.6 Å². The van der Waals surface area contributed by atoms with Crippen LogP contribution in [0.2, 0.25) is 0 Å². The number of carbonyl (C=O) groups excluding carboxylic acids is 1. The standard InChI is InChI=1S/C28H31N5O3S/c1-35-24-11-9-23(10-12-24)31-15-17-32(18-16-31)27(34)13-14-33(21-25-8-5-19-36-25)28-29-26(30-37-28)20-22-6-3-2-4-7-22/h2-12,19H,13-18,20-21H2,1H3. The van der Waals surface area contributed by atoms with Crippen molar-refractivity contribution >= 4 is 28.3 Å². The maximum Gasteiger partial charge on any atom is 0.224 e. The molecule has 1 saturated heterocycles. The van der Waals surface area contributed by atoms with Gasteiger partial charge in [-0.15, -0.1) is 0 Å². The summed E-state index contributed by atoms with van der Waals surface area (Å²) in [6.07, 6.45) is 2.77. The summed E-state index contributed by atoms with van der Waals surface area (Å²) in [6, 6.07) is 22.1. The molecule has 0 aliphatic carbocycles. The highest BCUT2D eigenvalue weighted by molar-refractivity contribution is 7.09. The first-order valence-electron chi connectivity index (χ1n) is 12.5. The smallest absolute Gasteiger partial charge is 0.224 e. The van der Waals surface area contributed by atoms with Crippen molar-refractivity contribution in [1.29, 1.82) is 0 Å². The van der Waals surface area contributed by atoms with Crippen molar-refractivity contribution in [3.05, 3.63) is 90.1 Å². The number of methoxy groups -OCH3 is 1. The van der Waals surface area contributed by atoms with Crippen LogP contribution in [0.4, 0.5) is 10.8 Å². The Balaban J connectivity index is 1.18. The summed E-state index contributed by atoms with van der Waals surface area (Å²) in [4.78, 5) is 24.3. The third-order valence-corrected chi connectivity index (χ3v) is 7.34. The summed E-state index contributed by atoms with van der Waals surface area (Å²) >= 11 is 1.37. The number of hydrogen-bond donors (Lipinski definition) is 0. The van der Waals surface area contributed by atoms with E-state index < -0.39 is 0 Å². The number of carbonyl (C=O) groups is 1. The van der Waals surface area contributed by atoms with Crippen LogP contribution in [0.15, 0.2) is 77.4 Å². The number of benzene rings is 2. The molecule has 8 nitrogen and oxygen atoms in total. The molecule has 5 rings (SSSR count). The average molecular weight is 518 g/mol. The summed E-state index contributed by atoms with van der Waals surface area (Å²) in [5.41, 5.74) is 2.33. The molecule has 4 aromatic rings. The van der Waals surface area contributed by atoms with Crippen molar-refractivity contribution in [3.63, 3.8) is 0 Å². The summed E-state index contributed by atoms with van der Waals surface area (Å²) in [7, 11) is 1.67. The number of furan rings is 1. The molecule has 1 amide bonds. The lowest BCUT2D eigenvalue weighted by atomic mass is 10.1. The molecule has 1 aliphatic heterocycles. The molecule has 0 saturated carbocycles. The van der Waals surface area contributed by atoms with E-state index in [0.29, 0.717) is 39.0 Å². The van der Waals surface area contributed by atoms with Crippen molar-refractivity contribution in [3.8, 4) is 5.75 Å². The van der Waals surface area contributed by atoms with Crippen LogP contribution >= 0.6 is 11.5 Å². The van der Waals surface area contributed by atoms with Gasteiger partial charge in [0.15, 0.2) is 0 Å². The molecule has 0 unspecified atom stereocenters. The van der Waals surface area contributed by atoms with Crippen LogP contribution < -0.4 is 14.5 Å². The van der Waals surface area contributed by atoms with Crippen molar-refractivity contribution < 1.29 is 13.9 Å². The van der Waals surface area contributed by atoms with Crippen LogP contribution in [0, 0.1) is 0 Å². The zero-order valence-electron chi connectivity index (χ0n) is 21.0. The van der Waals surface area contributed by atoms with Gasteiger partial charge in [-0.25, -0.2) is 4.98 Å². The quantitative estimate of drug-likeness (QED) is 0.307. The molecule has 0 N–H and O–H groups in total. The fourth-order valence-corrected chi connectivity index (χ4v) is 5.16. The number of rotatable bonds is 10. The summed E-state index contributed by atoms with van der Waals surface area (Å²) < 4.78 is 15.4. The number of amides is 1. The second kappa shape index (κ2) is 11.9. The first kappa shape index (κ1) is 24.8. The molecule has 9 heteroatoms. The molecule has 1 fully saturated rings. The summed E-state index contributed by atoms with van der Waals surface area (Å²) in [5.74, 6) is 2.63. The average Bonchev–Trinajstić information content (AvgIpc) is 3.64. The number of piperazine rings is 1. The lowest BCUT2D eigenvalue weighted by Gasteiger charge is -2.36. The van der Waals surface area contributed by atoms with E-state index in [9.17, 15) is 4.79 Å². The number of ether oxygens (including phenoxy) is 1. The van der Waals surface area contributed by atoms with Crippen LogP contribution in [-0.4, -0.2) is 60.0 Å². The first-order valence-corrected chi connectivity index (χ1v) is 13.3. The van der Waals surface area contributed by atoms with Gasteiger partial charge in [0.25, 0.3) is 0 Å². The Hall–Kier alpha value is -3.85. The van der Waals surface area contributed by atoms with E-state index in [-0.39, 0.29) is 5.91 Å². The van der Waals surface area contributed by atoms with Gasteiger partial charge in [-0.3, -0.25) is 4.79 Å². The number of hydrogen-bond acceptors (Lipinski definition) is 8. The third kappa shape index (κ3) is 6.48. The Bertz CT molecular complexity index is 1250. The SMILES string of the molecule is COc1ccc(N2CCN(C(=O)CCN(Cc3ccco3)c3nc(Cc4ccccc4)ns3)CC2)cc1. The van der Waals surface area contributed by atoms with Gasteiger partial charge in [0.2, 0.25) is 11.0 Å². The van der Waals surface area contributed by atoms with Gasteiger partial charge in [0.1, 0.15) is 17.3 Å². The number of nitrogens with zero attached hydrogens (tertiary/aromatic N) is 5. The largest absolute Gasteiger partial charge is 0.497 e. The maximum absolute atomic E-state index is 13.1. The Labute approximate surface area is 221 Å². The molecular formula is C28H31N5O3S. The predicted octanol–water partition coefficient (Wildman–Crippen LogP) is 4.48. The highest BCUT2D eigenvalue weighted by atomic mass is 32.1. The topological polar surface area (TPSA) is 74.9 Å². The highest BCUT2D eigenvalue weighted by Crippen LogP contribution is 2.23. The summed E-state index contributed by atoms with van der Waals surface area (Å²) in [5, 5.41) is 0.805. The van der Waals surface area contributed by atoms with E-state index in [2.05, 4.69) is 38.4 Å². The van der Waals surface area contributed by atoms with Gasteiger partial charge in [0, 0.05) is 62.8 Å². The van der Waals surface area contributed by atoms with Gasteiger partial charge in [-0.1, -0.05) is 30.3 Å². The maximum atomic E-state index is 13.1. The van der Waals surface area contributed by atoms with Gasteiger partial charge in [-0.05, 0) is 42.0 Å². The van der Waals surface area contributed by atoms with Crippen molar-refractivity contribution in [2.75, 3.05) is 49.6 Å². The van der Waals surface area contributed by atoms with E-state index in [4.69, 9.17) is 14.1 Å². The van der Waals surface area contributed by atoms with Gasteiger partial charge >= 0.3 is 0 Å². The van der Waals surface area contributed by atoms with Crippen molar-refractivity contribution in [2.24, 2.45) is 0 Å². The van der Waals surface area contributed by atoms with E-state index in [1.54, 1.807) is 13.4 Å². The zero-order chi connectivity index (χ0) is 25.5. The molecular weight excluding hydrogens is 486 g/mol. The van der Waals surface area contributed by atoms with Crippen molar-refractivity contribution in [1.82, 2.24) is 14.3 Å². The molecule has 2 aromatic carbocycles. The molecule has 37 heavy (non-hydrogen) atoms. The molecule has 1 aliphatic rings. The van der Waals surface area contributed by atoms with E-state index in [0.717, 1.165) is 41.2 Å². The lowest BCUT2D eigenvalue weighted by Crippen LogP contribution is -2.49. The van der Waals surface area contributed by atoms with E-state index >= 15 is 0 Å². The van der Waals surface area contributed by atoms with E-state index in [1.165, 1.54) is 17.1 Å². The lowest BCUT2D eigenvalue weighted by molar-refractivity contribution is -0.131. The Morgan fingerprint density at radius 1 is 1.03 bits per heavy atom. The molecule has 0 bridgehead atoms. The number of anilines is 2. The molecule has 3 heterocycles. The fraction of sp³-hybridized carbons (Fsp3) is 0.321. The monoisotopic (exact) mass is 517 g/mol. The molecule has 0 radical (unpaired) electrons. The normalized spacial score (nSPS) is 13.5. The van der Waals surface area contributed by atoms with E-state index in [1.807, 2.05) is 47.4 Å². The Kier molecular flexibility index (Phi) is 8.00. The Morgan fingerprint density at radius 2 is 1.81 bits per heavy atom. The molecule has 0 spiro atoms. The minimum atomic E-state index is 0.160. The second-order valence-electron chi connectivity index (χ2n) is 8.97. The zero-order valence-corrected chi connectivity index (χ0v) is 21.8. The minimum absolute atomic E-state index is 0.160. The second-order valence-corrected chi connectivity index (χ2v) is 9.70. The third-order valence-electron chi connectivity index (χ3n) is 6.53. The molecule has 0 atom stereocenters.